The molecular formula is C11H20N4O2. The van der Waals surface area contributed by atoms with E-state index < -0.39 is 5.60 Å². The van der Waals surface area contributed by atoms with Crippen LogP contribution in [-0.4, -0.2) is 24.3 Å². The second-order valence-corrected chi connectivity index (χ2v) is 5.44. The molecule has 6 heteroatoms. The van der Waals surface area contributed by atoms with Crippen LogP contribution in [-0.2, 0) is 4.74 Å². The van der Waals surface area contributed by atoms with Crippen LogP contribution in [0.5, 0.6) is 0 Å². The number of amides is 1. The summed E-state index contributed by atoms with van der Waals surface area (Å²) in [6.07, 6.45) is 2.40. The van der Waals surface area contributed by atoms with Gasteiger partial charge in [0.15, 0.2) is 0 Å². The van der Waals surface area contributed by atoms with E-state index in [1.165, 1.54) is 0 Å². The van der Waals surface area contributed by atoms with Crippen LogP contribution < -0.4 is 5.32 Å². The van der Waals surface area contributed by atoms with Crippen molar-refractivity contribution in [2.45, 2.75) is 51.7 Å². The summed E-state index contributed by atoms with van der Waals surface area (Å²) in [5, 5.41) is 6.41. The Balaban J connectivity index is 2.30. The first kappa shape index (κ1) is 13.6. The van der Waals surface area contributed by atoms with Crippen LogP contribution >= 0.6 is 0 Å². The number of carbonyl (C=O) groups excluding carboxylic acids is 1. The van der Waals surface area contributed by atoms with Gasteiger partial charge in [-0.15, -0.1) is 0 Å². The highest BCUT2D eigenvalue weighted by molar-refractivity contribution is 5.68. The molecule has 0 spiro atoms. The number of rotatable bonds is 3. The molecule has 17 heavy (non-hydrogen) atoms. The van der Waals surface area contributed by atoms with Crippen molar-refractivity contribution in [2.24, 2.45) is 11.0 Å². The van der Waals surface area contributed by atoms with Crippen LogP contribution in [0.1, 0.15) is 40.0 Å². The summed E-state index contributed by atoms with van der Waals surface area (Å²) >= 11 is 0. The van der Waals surface area contributed by atoms with E-state index in [0.717, 1.165) is 19.3 Å². The Morgan fingerprint density at radius 3 is 2.82 bits per heavy atom. The lowest BCUT2D eigenvalue weighted by Gasteiger charge is -2.21. The maximum absolute atomic E-state index is 11.5. The van der Waals surface area contributed by atoms with Gasteiger partial charge in [0.2, 0.25) is 0 Å². The molecule has 1 amide bonds. The Morgan fingerprint density at radius 1 is 1.53 bits per heavy atom. The Labute approximate surface area is 101 Å². The fraction of sp³-hybridized carbons (Fsp3) is 0.909. The predicted octanol–water partition coefficient (Wildman–Crippen LogP) is 2.99. The summed E-state index contributed by atoms with van der Waals surface area (Å²) in [4.78, 5) is 14.3. The zero-order valence-electron chi connectivity index (χ0n) is 10.6. The Kier molecular flexibility index (Phi) is 4.63. The van der Waals surface area contributed by atoms with Gasteiger partial charge in [-0.3, -0.25) is 0 Å². The van der Waals surface area contributed by atoms with Crippen molar-refractivity contribution in [1.29, 1.82) is 0 Å². The fourth-order valence-electron chi connectivity index (χ4n) is 2.00. The zero-order valence-corrected chi connectivity index (χ0v) is 10.6. The predicted molar refractivity (Wildman–Crippen MR) is 64.5 cm³/mol. The van der Waals surface area contributed by atoms with Gasteiger partial charge in [-0.2, -0.15) is 0 Å². The molecule has 1 aliphatic rings. The molecule has 0 saturated heterocycles. The van der Waals surface area contributed by atoms with Crippen molar-refractivity contribution >= 4 is 6.09 Å². The van der Waals surface area contributed by atoms with Gasteiger partial charge in [0, 0.05) is 17.5 Å². The molecule has 6 nitrogen and oxygen atoms in total. The minimum absolute atomic E-state index is 0.142. The van der Waals surface area contributed by atoms with Crippen molar-refractivity contribution in [3.63, 3.8) is 0 Å². The van der Waals surface area contributed by atoms with E-state index in [1.54, 1.807) is 0 Å². The fourth-order valence-corrected chi connectivity index (χ4v) is 2.00. The molecule has 0 aromatic rings. The lowest BCUT2D eigenvalue weighted by atomic mass is 10.1. The molecule has 0 aliphatic heterocycles. The normalized spacial score (nSPS) is 23.9. The molecule has 1 saturated carbocycles. The van der Waals surface area contributed by atoms with Gasteiger partial charge >= 0.3 is 6.09 Å². The van der Waals surface area contributed by atoms with Gasteiger partial charge in [0.05, 0.1) is 0 Å². The number of alkyl carbamates (subject to hydrolysis) is 1. The van der Waals surface area contributed by atoms with Gasteiger partial charge < -0.3 is 10.1 Å². The van der Waals surface area contributed by atoms with Gasteiger partial charge in [-0.25, -0.2) is 4.79 Å². The number of nitrogens with one attached hydrogen (secondary N) is 1. The first-order valence-electron chi connectivity index (χ1n) is 5.91. The Hall–Kier alpha value is -1.42. The van der Waals surface area contributed by atoms with Crippen LogP contribution in [0.15, 0.2) is 5.11 Å². The van der Waals surface area contributed by atoms with Crippen molar-refractivity contribution in [3.8, 4) is 0 Å². The third-order valence-electron chi connectivity index (χ3n) is 2.67. The monoisotopic (exact) mass is 240 g/mol. The standard InChI is InChI=1S/C11H20N4O2/c1-11(2,3)17-10(16)14-9-5-4-8(6-9)7-13-15-12/h8-9H,4-7H2,1-3H3,(H,14,16)/t8-,9-/m1/s1. The molecule has 2 atom stereocenters. The maximum atomic E-state index is 11.5. The summed E-state index contributed by atoms with van der Waals surface area (Å²) in [5.41, 5.74) is 7.77. The Morgan fingerprint density at radius 2 is 2.24 bits per heavy atom. The van der Waals surface area contributed by atoms with Crippen LogP contribution in [0.25, 0.3) is 10.4 Å². The largest absolute Gasteiger partial charge is 0.444 e. The summed E-state index contributed by atoms with van der Waals surface area (Å²) in [6.45, 7) is 6.03. The van der Waals surface area contributed by atoms with Crippen molar-refractivity contribution < 1.29 is 9.53 Å². The summed E-state index contributed by atoms with van der Waals surface area (Å²) in [6, 6.07) is 0.142. The first-order valence-corrected chi connectivity index (χ1v) is 5.91. The number of hydrogen-bond acceptors (Lipinski definition) is 3. The average molecular weight is 240 g/mol. The van der Waals surface area contributed by atoms with E-state index in [4.69, 9.17) is 10.3 Å². The van der Waals surface area contributed by atoms with Gasteiger partial charge in [-0.1, -0.05) is 5.11 Å². The number of hydrogen-bond donors (Lipinski definition) is 1. The highest BCUT2D eigenvalue weighted by atomic mass is 16.6. The zero-order chi connectivity index (χ0) is 12.9. The van der Waals surface area contributed by atoms with E-state index >= 15 is 0 Å². The smallest absolute Gasteiger partial charge is 0.407 e. The van der Waals surface area contributed by atoms with Crippen molar-refractivity contribution in [1.82, 2.24) is 5.32 Å². The van der Waals surface area contributed by atoms with Crippen LogP contribution in [0, 0.1) is 5.92 Å². The minimum atomic E-state index is -0.465. The molecule has 1 N–H and O–H groups in total. The summed E-state index contributed by atoms with van der Waals surface area (Å²) in [5.74, 6) is 0.380. The number of carbonyl (C=O) groups is 1. The van der Waals surface area contributed by atoms with E-state index in [-0.39, 0.29) is 12.1 Å². The highest BCUT2D eigenvalue weighted by Gasteiger charge is 2.27. The Bertz CT molecular complexity index is 318. The molecule has 96 valence electrons. The average Bonchev–Trinajstić information content (AvgIpc) is 2.59. The molecular weight excluding hydrogens is 220 g/mol. The molecule has 1 aliphatic carbocycles. The molecule has 0 aromatic heterocycles. The number of ether oxygens (including phenoxy) is 1. The topological polar surface area (TPSA) is 87.1 Å². The molecule has 0 radical (unpaired) electrons. The minimum Gasteiger partial charge on any atom is -0.444 e. The lowest BCUT2D eigenvalue weighted by molar-refractivity contribution is 0.0504. The second kappa shape index (κ2) is 5.77. The molecule has 0 heterocycles. The third kappa shape index (κ3) is 5.45. The molecule has 1 fully saturated rings. The van der Waals surface area contributed by atoms with Gasteiger partial charge in [-0.05, 0) is 51.5 Å². The molecule has 0 bridgehead atoms. The van der Waals surface area contributed by atoms with Crippen LogP contribution in [0.4, 0.5) is 4.79 Å². The van der Waals surface area contributed by atoms with E-state index in [2.05, 4.69) is 15.3 Å². The van der Waals surface area contributed by atoms with Gasteiger partial charge in [0.25, 0.3) is 0 Å². The first-order chi connectivity index (χ1) is 7.90. The van der Waals surface area contributed by atoms with E-state index in [9.17, 15) is 4.79 Å². The molecule has 0 aromatic carbocycles. The maximum Gasteiger partial charge on any atom is 0.407 e. The lowest BCUT2D eigenvalue weighted by Crippen LogP contribution is -2.38. The molecule has 0 unspecified atom stereocenters. The SMILES string of the molecule is CC(C)(C)OC(=O)N[C@@H]1CC[C@@H](CN=[N+]=[N-])C1. The molecule has 1 rings (SSSR count). The van der Waals surface area contributed by atoms with E-state index in [1.807, 2.05) is 20.8 Å². The summed E-state index contributed by atoms with van der Waals surface area (Å²) < 4.78 is 5.18. The highest BCUT2D eigenvalue weighted by Crippen LogP contribution is 2.26. The second-order valence-electron chi connectivity index (χ2n) is 5.44. The van der Waals surface area contributed by atoms with Gasteiger partial charge in [0.1, 0.15) is 5.60 Å². The third-order valence-corrected chi connectivity index (χ3v) is 2.67. The van der Waals surface area contributed by atoms with Crippen molar-refractivity contribution in [2.75, 3.05) is 6.54 Å². The number of nitrogens with zero attached hydrogens (tertiary/aromatic N) is 3. The number of azide groups is 1. The van der Waals surface area contributed by atoms with Crippen LogP contribution in [0.2, 0.25) is 0 Å². The quantitative estimate of drug-likeness (QED) is 0.467. The van der Waals surface area contributed by atoms with Crippen molar-refractivity contribution in [3.05, 3.63) is 10.4 Å². The van der Waals surface area contributed by atoms with E-state index in [0.29, 0.717) is 12.5 Å². The summed E-state index contributed by atoms with van der Waals surface area (Å²) in [7, 11) is 0. The van der Waals surface area contributed by atoms with Crippen LogP contribution in [0.3, 0.4) is 0 Å².